The van der Waals surface area contributed by atoms with E-state index < -0.39 is 0 Å². The Hall–Kier alpha value is -2.54. The van der Waals surface area contributed by atoms with E-state index in [1.54, 1.807) is 30.3 Å². The van der Waals surface area contributed by atoms with Gasteiger partial charge < -0.3 is 11.1 Å². The lowest BCUT2D eigenvalue weighted by Gasteiger charge is -2.03. The van der Waals surface area contributed by atoms with Crippen LogP contribution in [0.3, 0.4) is 0 Å². The van der Waals surface area contributed by atoms with Gasteiger partial charge in [-0.1, -0.05) is 12.2 Å². The largest absolute Gasteiger partial charge is 0.349 e. The van der Waals surface area contributed by atoms with Gasteiger partial charge in [-0.2, -0.15) is 0 Å². The summed E-state index contributed by atoms with van der Waals surface area (Å²) in [6.07, 6.45) is 5.10. The molecule has 1 amide bonds. The van der Waals surface area contributed by atoms with Crippen molar-refractivity contribution in [3.8, 4) is 5.69 Å². The molecule has 2 aromatic rings. The van der Waals surface area contributed by atoms with Crippen molar-refractivity contribution in [2.24, 2.45) is 5.73 Å². The average Bonchev–Trinajstić information content (AvgIpc) is 2.98. The molecule has 0 saturated heterocycles. The van der Waals surface area contributed by atoms with E-state index in [-0.39, 0.29) is 5.91 Å². The van der Waals surface area contributed by atoms with Gasteiger partial charge in [0.15, 0.2) is 0 Å². The van der Waals surface area contributed by atoms with Gasteiger partial charge in [0, 0.05) is 18.7 Å². The van der Waals surface area contributed by atoms with Gasteiger partial charge in [-0.3, -0.25) is 4.79 Å². The Bertz CT molecular complexity index is 546. The standard InChI is InChI=1S/C12H14N6O/c13-7-1-2-8-14-12(19)10-3-5-11(6-4-10)18-9-15-16-17-18/h1-6,9H,7-8,13H2,(H,14,19)/b2-1+. The smallest absolute Gasteiger partial charge is 0.251 e. The predicted octanol–water partition coefficient (Wildman–Crippen LogP) is -0.0930. The topological polar surface area (TPSA) is 98.7 Å². The summed E-state index contributed by atoms with van der Waals surface area (Å²) in [5.74, 6) is -0.134. The molecule has 3 N–H and O–H groups in total. The highest BCUT2D eigenvalue weighted by Gasteiger charge is 2.04. The number of amides is 1. The fraction of sp³-hybridized carbons (Fsp3) is 0.167. The normalized spacial score (nSPS) is 10.8. The minimum Gasteiger partial charge on any atom is -0.349 e. The van der Waals surface area contributed by atoms with E-state index in [4.69, 9.17) is 5.73 Å². The molecular weight excluding hydrogens is 244 g/mol. The molecule has 0 aliphatic carbocycles. The molecule has 1 heterocycles. The van der Waals surface area contributed by atoms with E-state index in [0.29, 0.717) is 18.7 Å². The summed E-state index contributed by atoms with van der Waals surface area (Å²) < 4.78 is 1.52. The second-order valence-corrected chi connectivity index (χ2v) is 3.72. The third-order valence-electron chi connectivity index (χ3n) is 2.43. The summed E-state index contributed by atoms with van der Waals surface area (Å²) in [5, 5.41) is 13.6. The molecular formula is C12H14N6O. The first-order valence-corrected chi connectivity index (χ1v) is 5.78. The van der Waals surface area contributed by atoms with E-state index in [1.807, 2.05) is 6.08 Å². The van der Waals surface area contributed by atoms with Crippen molar-refractivity contribution in [1.82, 2.24) is 25.5 Å². The van der Waals surface area contributed by atoms with Crippen LogP contribution >= 0.6 is 0 Å². The maximum absolute atomic E-state index is 11.8. The summed E-state index contributed by atoms with van der Waals surface area (Å²) in [7, 11) is 0. The average molecular weight is 258 g/mol. The van der Waals surface area contributed by atoms with Crippen molar-refractivity contribution in [1.29, 1.82) is 0 Å². The Morgan fingerprint density at radius 3 is 2.74 bits per heavy atom. The SMILES string of the molecule is NC/C=C/CNC(=O)c1ccc(-n2cnnn2)cc1. The van der Waals surface area contributed by atoms with Crippen molar-refractivity contribution in [2.75, 3.05) is 13.1 Å². The maximum Gasteiger partial charge on any atom is 0.251 e. The van der Waals surface area contributed by atoms with Crippen molar-refractivity contribution in [2.45, 2.75) is 0 Å². The van der Waals surface area contributed by atoms with Gasteiger partial charge in [-0.25, -0.2) is 4.68 Å². The molecule has 98 valence electrons. The summed E-state index contributed by atoms with van der Waals surface area (Å²) >= 11 is 0. The molecule has 0 bridgehead atoms. The van der Waals surface area contributed by atoms with Crippen LogP contribution in [-0.4, -0.2) is 39.2 Å². The summed E-state index contributed by atoms with van der Waals surface area (Å²) in [6.45, 7) is 0.932. The van der Waals surface area contributed by atoms with Crippen molar-refractivity contribution >= 4 is 5.91 Å². The molecule has 0 saturated carbocycles. The highest BCUT2D eigenvalue weighted by Crippen LogP contribution is 2.07. The summed E-state index contributed by atoms with van der Waals surface area (Å²) in [4.78, 5) is 11.8. The second-order valence-electron chi connectivity index (χ2n) is 3.72. The Balaban J connectivity index is 1.98. The van der Waals surface area contributed by atoms with Gasteiger partial charge in [0.1, 0.15) is 6.33 Å². The van der Waals surface area contributed by atoms with Crippen LogP contribution in [0.1, 0.15) is 10.4 Å². The Labute approximate surface area is 110 Å². The van der Waals surface area contributed by atoms with Gasteiger partial charge in [-0.05, 0) is 34.7 Å². The first kappa shape index (κ1) is 12.9. The number of carbonyl (C=O) groups excluding carboxylic acids is 1. The molecule has 0 unspecified atom stereocenters. The van der Waals surface area contributed by atoms with Gasteiger partial charge in [0.2, 0.25) is 0 Å². The molecule has 2 rings (SSSR count). The lowest BCUT2D eigenvalue weighted by molar-refractivity contribution is 0.0958. The lowest BCUT2D eigenvalue weighted by atomic mass is 10.2. The van der Waals surface area contributed by atoms with E-state index in [1.165, 1.54) is 11.0 Å². The van der Waals surface area contributed by atoms with Crippen LogP contribution in [0.25, 0.3) is 5.69 Å². The Morgan fingerprint density at radius 2 is 2.11 bits per heavy atom. The highest BCUT2D eigenvalue weighted by atomic mass is 16.1. The number of nitrogens with one attached hydrogen (secondary N) is 1. The lowest BCUT2D eigenvalue weighted by Crippen LogP contribution is -2.23. The zero-order chi connectivity index (χ0) is 13.5. The van der Waals surface area contributed by atoms with Crippen molar-refractivity contribution in [3.63, 3.8) is 0 Å². The zero-order valence-electron chi connectivity index (χ0n) is 10.2. The van der Waals surface area contributed by atoms with Crippen LogP contribution in [-0.2, 0) is 0 Å². The maximum atomic E-state index is 11.8. The number of hydrogen-bond donors (Lipinski definition) is 2. The third-order valence-corrected chi connectivity index (χ3v) is 2.43. The van der Waals surface area contributed by atoms with E-state index in [0.717, 1.165) is 5.69 Å². The van der Waals surface area contributed by atoms with Crippen molar-refractivity contribution < 1.29 is 4.79 Å². The minimum absolute atomic E-state index is 0.134. The first-order valence-electron chi connectivity index (χ1n) is 5.78. The van der Waals surface area contributed by atoms with Crippen LogP contribution in [0, 0.1) is 0 Å². The second kappa shape index (κ2) is 6.41. The van der Waals surface area contributed by atoms with E-state index in [2.05, 4.69) is 20.8 Å². The molecule has 7 nitrogen and oxygen atoms in total. The van der Waals surface area contributed by atoms with E-state index in [9.17, 15) is 4.79 Å². The van der Waals surface area contributed by atoms with Crippen LogP contribution in [0.15, 0.2) is 42.7 Å². The summed E-state index contributed by atoms with van der Waals surface area (Å²) in [5.41, 5.74) is 6.68. The zero-order valence-corrected chi connectivity index (χ0v) is 10.2. The van der Waals surface area contributed by atoms with Gasteiger partial charge in [0.25, 0.3) is 5.91 Å². The molecule has 0 spiro atoms. The molecule has 0 aliphatic rings. The summed E-state index contributed by atoms with van der Waals surface area (Å²) in [6, 6.07) is 7.00. The first-order chi connectivity index (χ1) is 9.31. The number of nitrogens with two attached hydrogens (primary N) is 1. The van der Waals surface area contributed by atoms with Crippen LogP contribution in [0.5, 0.6) is 0 Å². The van der Waals surface area contributed by atoms with Crippen molar-refractivity contribution in [3.05, 3.63) is 48.3 Å². The predicted molar refractivity (Wildman–Crippen MR) is 69.7 cm³/mol. The molecule has 0 aliphatic heterocycles. The minimum atomic E-state index is -0.134. The number of tetrazole rings is 1. The third kappa shape index (κ3) is 3.46. The van der Waals surface area contributed by atoms with Crippen LogP contribution in [0.4, 0.5) is 0 Å². The number of benzene rings is 1. The number of aromatic nitrogens is 4. The molecule has 0 atom stereocenters. The Morgan fingerprint density at radius 1 is 1.32 bits per heavy atom. The van der Waals surface area contributed by atoms with E-state index >= 15 is 0 Å². The molecule has 1 aromatic carbocycles. The highest BCUT2D eigenvalue weighted by molar-refractivity contribution is 5.94. The molecule has 7 heteroatoms. The molecule has 0 radical (unpaired) electrons. The van der Waals surface area contributed by atoms with Gasteiger partial charge in [-0.15, -0.1) is 5.10 Å². The number of hydrogen-bond acceptors (Lipinski definition) is 5. The molecule has 1 aromatic heterocycles. The monoisotopic (exact) mass is 258 g/mol. The molecule has 0 fully saturated rings. The molecule has 19 heavy (non-hydrogen) atoms. The van der Waals surface area contributed by atoms with Gasteiger partial charge in [0.05, 0.1) is 5.69 Å². The fourth-order valence-corrected chi connectivity index (χ4v) is 1.48. The number of carbonyl (C=O) groups is 1. The quantitative estimate of drug-likeness (QED) is 0.730. The van der Waals surface area contributed by atoms with Gasteiger partial charge >= 0.3 is 0 Å². The van der Waals surface area contributed by atoms with Crippen LogP contribution < -0.4 is 11.1 Å². The number of nitrogens with zero attached hydrogens (tertiary/aromatic N) is 4. The van der Waals surface area contributed by atoms with Crippen LogP contribution in [0.2, 0.25) is 0 Å². The number of rotatable bonds is 5. The fourth-order valence-electron chi connectivity index (χ4n) is 1.48. The Kier molecular flexibility index (Phi) is 4.35.